The summed E-state index contributed by atoms with van der Waals surface area (Å²) in [6.45, 7) is 4.40. The number of nitrogens with one attached hydrogen (secondary N) is 1. The SMILES string of the molecule is CN(C[C@@H]1CCCO1)C1CNC1. The summed E-state index contributed by atoms with van der Waals surface area (Å²) >= 11 is 0. The van der Waals surface area contributed by atoms with Crippen molar-refractivity contribution in [2.45, 2.75) is 25.0 Å². The van der Waals surface area contributed by atoms with Crippen LogP contribution in [-0.2, 0) is 4.74 Å². The molecule has 2 aliphatic heterocycles. The third kappa shape index (κ3) is 1.79. The monoisotopic (exact) mass is 170 g/mol. The van der Waals surface area contributed by atoms with Gasteiger partial charge in [0, 0.05) is 32.3 Å². The van der Waals surface area contributed by atoms with Crippen LogP contribution in [0.5, 0.6) is 0 Å². The summed E-state index contributed by atoms with van der Waals surface area (Å²) in [6.07, 6.45) is 3.02. The number of likely N-dealkylation sites (N-methyl/N-ethyl adjacent to an activating group) is 1. The van der Waals surface area contributed by atoms with E-state index in [2.05, 4.69) is 17.3 Å². The second kappa shape index (κ2) is 3.73. The Kier molecular flexibility index (Phi) is 2.63. The van der Waals surface area contributed by atoms with Crippen molar-refractivity contribution in [2.75, 3.05) is 33.3 Å². The Morgan fingerprint density at radius 3 is 2.83 bits per heavy atom. The lowest BCUT2D eigenvalue weighted by molar-refractivity contribution is 0.0581. The van der Waals surface area contributed by atoms with Gasteiger partial charge in [-0.2, -0.15) is 0 Å². The van der Waals surface area contributed by atoms with E-state index in [0.29, 0.717) is 6.10 Å². The molecule has 0 aliphatic carbocycles. The van der Waals surface area contributed by atoms with Gasteiger partial charge in [0.05, 0.1) is 6.10 Å². The molecule has 3 heteroatoms. The molecule has 0 unspecified atom stereocenters. The van der Waals surface area contributed by atoms with Gasteiger partial charge in [0.15, 0.2) is 0 Å². The molecule has 2 saturated heterocycles. The fourth-order valence-electron chi connectivity index (χ4n) is 1.84. The molecule has 2 rings (SSSR count). The highest BCUT2D eigenvalue weighted by Crippen LogP contribution is 2.14. The summed E-state index contributed by atoms with van der Waals surface area (Å²) in [5.41, 5.74) is 0. The first-order chi connectivity index (χ1) is 5.86. The molecule has 1 atom stereocenters. The number of hydrogen-bond acceptors (Lipinski definition) is 3. The Labute approximate surface area is 74.1 Å². The molecule has 0 aromatic carbocycles. The first-order valence-corrected chi connectivity index (χ1v) is 4.89. The minimum atomic E-state index is 0.510. The highest BCUT2D eigenvalue weighted by atomic mass is 16.5. The Bertz CT molecular complexity index is 141. The summed E-state index contributed by atoms with van der Waals surface area (Å²) in [5, 5.41) is 3.28. The largest absolute Gasteiger partial charge is 0.377 e. The normalized spacial score (nSPS) is 31.0. The van der Waals surface area contributed by atoms with Gasteiger partial charge in [-0.3, -0.25) is 4.90 Å². The van der Waals surface area contributed by atoms with Crippen LogP contribution >= 0.6 is 0 Å². The van der Waals surface area contributed by atoms with Crippen LogP contribution in [0.4, 0.5) is 0 Å². The molecular weight excluding hydrogens is 152 g/mol. The van der Waals surface area contributed by atoms with Crippen LogP contribution in [0.1, 0.15) is 12.8 Å². The quantitative estimate of drug-likeness (QED) is 0.648. The molecule has 3 nitrogen and oxygen atoms in total. The van der Waals surface area contributed by atoms with Gasteiger partial charge < -0.3 is 10.1 Å². The van der Waals surface area contributed by atoms with Gasteiger partial charge in [-0.15, -0.1) is 0 Å². The van der Waals surface area contributed by atoms with Crippen LogP contribution in [0.2, 0.25) is 0 Å². The van der Waals surface area contributed by atoms with E-state index in [1.807, 2.05) is 0 Å². The summed E-state index contributed by atoms with van der Waals surface area (Å²) in [7, 11) is 2.20. The van der Waals surface area contributed by atoms with Gasteiger partial charge in [-0.25, -0.2) is 0 Å². The highest BCUT2D eigenvalue weighted by molar-refractivity contribution is 4.84. The van der Waals surface area contributed by atoms with Crippen molar-refractivity contribution in [1.82, 2.24) is 10.2 Å². The molecule has 0 amide bonds. The van der Waals surface area contributed by atoms with Crippen molar-refractivity contribution in [1.29, 1.82) is 0 Å². The van der Waals surface area contributed by atoms with Gasteiger partial charge >= 0.3 is 0 Å². The predicted molar refractivity (Wildman–Crippen MR) is 48.3 cm³/mol. The maximum atomic E-state index is 5.58. The Hall–Kier alpha value is -0.120. The molecule has 1 N–H and O–H groups in total. The third-order valence-corrected chi connectivity index (χ3v) is 2.90. The lowest BCUT2D eigenvalue weighted by Gasteiger charge is -2.36. The van der Waals surface area contributed by atoms with Gasteiger partial charge in [-0.1, -0.05) is 0 Å². The van der Waals surface area contributed by atoms with Crippen LogP contribution in [0, 0.1) is 0 Å². The standard InChI is InChI=1S/C9H18N2O/c1-11(8-5-10-6-8)7-9-3-2-4-12-9/h8-10H,2-7H2,1H3/t9-/m0/s1. The molecule has 0 bridgehead atoms. The molecule has 70 valence electrons. The van der Waals surface area contributed by atoms with Gasteiger partial charge in [0.2, 0.25) is 0 Å². The van der Waals surface area contributed by atoms with Crippen molar-refractivity contribution in [3.63, 3.8) is 0 Å². The van der Waals surface area contributed by atoms with Gasteiger partial charge in [-0.05, 0) is 19.9 Å². The van der Waals surface area contributed by atoms with Crippen molar-refractivity contribution in [3.05, 3.63) is 0 Å². The fourth-order valence-corrected chi connectivity index (χ4v) is 1.84. The number of hydrogen-bond donors (Lipinski definition) is 1. The van der Waals surface area contributed by atoms with Crippen molar-refractivity contribution in [3.8, 4) is 0 Å². The molecule has 0 radical (unpaired) electrons. The van der Waals surface area contributed by atoms with Gasteiger partial charge in [0.25, 0.3) is 0 Å². The van der Waals surface area contributed by atoms with Crippen LogP contribution in [0.15, 0.2) is 0 Å². The van der Waals surface area contributed by atoms with Crippen LogP contribution < -0.4 is 5.32 Å². The average molecular weight is 170 g/mol. The predicted octanol–water partition coefficient (Wildman–Crippen LogP) is 0.0690. The third-order valence-electron chi connectivity index (χ3n) is 2.90. The smallest absolute Gasteiger partial charge is 0.0702 e. The first kappa shape index (κ1) is 8.48. The summed E-state index contributed by atoms with van der Waals surface area (Å²) in [5.74, 6) is 0. The molecule has 2 heterocycles. The molecule has 2 aliphatic rings. The van der Waals surface area contributed by atoms with E-state index in [0.717, 1.165) is 32.3 Å². The molecule has 2 fully saturated rings. The second-order valence-corrected chi connectivity index (χ2v) is 3.89. The fraction of sp³-hybridized carbons (Fsp3) is 1.00. The van der Waals surface area contributed by atoms with E-state index in [-0.39, 0.29) is 0 Å². The van der Waals surface area contributed by atoms with Crippen LogP contribution in [-0.4, -0.2) is 50.3 Å². The van der Waals surface area contributed by atoms with Crippen molar-refractivity contribution in [2.24, 2.45) is 0 Å². The van der Waals surface area contributed by atoms with Gasteiger partial charge in [0.1, 0.15) is 0 Å². The Morgan fingerprint density at radius 2 is 2.33 bits per heavy atom. The lowest BCUT2D eigenvalue weighted by Crippen LogP contribution is -2.57. The zero-order chi connectivity index (χ0) is 8.39. The topological polar surface area (TPSA) is 24.5 Å². The zero-order valence-electron chi connectivity index (χ0n) is 7.75. The van der Waals surface area contributed by atoms with E-state index in [1.165, 1.54) is 12.8 Å². The van der Waals surface area contributed by atoms with E-state index in [1.54, 1.807) is 0 Å². The van der Waals surface area contributed by atoms with Crippen LogP contribution in [0.3, 0.4) is 0 Å². The minimum Gasteiger partial charge on any atom is -0.377 e. The lowest BCUT2D eigenvalue weighted by atomic mass is 10.1. The highest BCUT2D eigenvalue weighted by Gasteiger charge is 2.25. The second-order valence-electron chi connectivity index (χ2n) is 3.89. The summed E-state index contributed by atoms with van der Waals surface area (Å²) in [4.78, 5) is 2.42. The Balaban J connectivity index is 1.69. The average Bonchev–Trinajstić information content (AvgIpc) is 2.34. The molecular formula is C9H18N2O. The number of rotatable bonds is 3. The first-order valence-electron chi connectivity index (χ1n) is 4.89. The number of nitrogens with zero attached hydrogens (tertiary/aromatic N) is 1. The molecule has 0 saturated carbocycles. The molecule has 0 aromatic heterocycles. The van der Waals surface area contributed by atoms with Crippen molar-refractivity contribution >= 4 is 0 Å². The minimum absolute atomic E-state index is 0.510. The van der Waals surface area contributed by atoms with E-state index in [9.17, 15) is 0 Å². The van der Waals surface area contributed by atoms with E-state index < -0.39 is 0 Å². The van der Waals surface area contributed by atoms with Crippen LogP contribution in [0.25, 0.3) is 0 Å². The molecule has 0 aromatic rings. The van der Waals surface area contributed by atoms with E-state index in [4.69, 9.17) is 4.74 Å². The summed E-state index contributed by atoms with van der Waals surface area (Å²) < 4.78 is 5.58. The maximum Gasteiger partial charge on any atom is 0.0702 e. The molecule has 0 spiro atoms. The molecule has 12 heavy (non-hydrogen) atoms. The van der Waals surface area contributed by atoms with E-state index >= 15 is 0 Å². The maximum absolute atomic E-state index is 5.58. The number of ether oxygens (including phenoxy) is 1. The van der Waals surface area contributed by atoms with Crippen molar-refractivity contribution < 1.29 is 4.74 Å². The Morgan fingerprint density at radius 1 is 1.50 bits per heavy atom. The zero-order valence-corrected chi connectivity index (χ0v) is 7.75. The summed E-state index contributed by atoms with van der Waals surface area (Å²) in [6, 6.07) is 0.759.